The predicted octanol–water partition coefficient (Wildman–Crippen LogP) is 4.00. The van der Waals surface area contributed by atoms with Crippen molar-refractivity contribution in [1.29, 1.82) is 5.26 Å². The predicted molar refractivity (Wildman–Crippen MR) is 127 cm³/mol. The number of carbonyl (C=O) groups is 1. The van der Waals surface area contributed by atoms with E-state index in [1.807, 2.05) is 12.1 Å². The monoisotopic (exact) mass is 458 g/mol. The van der Waals surface area contributed by atoms with Crippen LogP contribution in [0.4, 0.5) is 10.5 Å². The van der Waals surface area contributed by atoms with Gasteiger partial charge in [-0.25, -0.2) is 9.48 Å². The van der Waals surface area contributed by atoms with E-state index in [2.05, 4.69) is 11.2 Å². The quantitative estimate of drug-likeness (QED) is 0.573. The molecule has 1 aromatic heterocycles. The summed E-state index contributed by atoms with van der Waals surface area (Å²) in [5.41, 5.74) is 2.69. The Bertz CT molecular complexity index is 1260. The van der Waals surface area contributed by atoms with Crippen LogP contribution in [-0.2, 0) is 11.2 Å². The third-order valence-electron chi connectivity index (χ3n) is 6.05. The number of amides is 1. The minimum atomic E-state index is -0.998. The van der Waals surface area contributed by atoms with Crippen molar-refractivity contribution >= 4 is 11.8 Å². The highest BCUT2D eigenvalue weighted by Gasteiger charge is 2.19. The molecule has 1 amide bonds. The molecule has 1 fully saturated rings. The van der Waals surface area contributed by atoms with Crippen LogP contribution in [0, 0.1) is 17.2 Å². The molecule has 8 nitrogen and oxygen atoms in total. The zero-order valence-corrected chi connectivity index (χ0v) is 18.8. The molecule has 2 aromatic carbocycles. The maximum absolute atomic E-state index is 12.5. The van der Waals surface area contributed by atoms with Gasteiger partial charge in [0.1, 0.15) is 5.69 Å². The molecule has 1 aliphatic rings. The number of nitriles is 1. The number of hydrogen-bond acceptors (Lipinski definition) is 5. The number of rotatable bonds is 7. The largest absolute Gasteiger partial charge is 0.465 e. The zero-order valence-electron chi connectivity index (χ0n) is 18.8. The Kier molecular flexibility index (Phi) is 7.35. The molecule has 34 heavy (non-hydrogen) atoms. The lowest BCUT2D eigenvalue weighted by atomic mass is 9.96. The van der Waals surface area contributed by atoms with Gasteiger partial charge < -0.3 is 9.84 Å². The van der Waals surface area contributed by atoms with Gasteiger partial charge in [-0.2, -0.15) is 10.4 Å². The number of nitrogens with zero attached hydrogens (tertiary/aromatic N) is 4. The summed E-state index contributed by atoms with van der Waals surface area (Å²) in [4.78, 5) is 25.8. The van der Waals surface area contributed by atoms with Gasteiger partial charge in [0, 0.05) is 44.1 Å². The SMILES string of the molecule is N#Cc1cccc(-n2ccc(=O)c(Cc3cccc(N(CCC4CCOCC4)C(=O)O)c3)n2)c1. The molecule has 4 rings (SSSR count). The standard InChI is InChI=1S/C26H26N4O4/c27-18-21-4-2-6-23(16-21)30-12-8-25(31)24(28-30)17-20-3-1-5-22(15-20)29(26(32)33)11-7-19-9-13-34-14-10-19/h1-6,8,12,15-16,19H,7,9-11,13-14,17H2,(H,32,33). The van der Waals surface area contributed by atoms with Gasteiger partial charge in [-0.3, -0.25) is 9.69 Å². The lowest BCUT2D eigenvalue weighted by molar-refractivity contribution is 0.0645. The maximum atomic E-state index is 12.5. The second kappa shape index (κ2) is 10.8. The van der Waals surface area contributed by atoms with Crippen molar-refractivity contribution < 1.29 is 14.6 Å². The van der Waals surface area contributed by atoms with Crippen LogP contribution in [0.25, 0.3) is 5.69 Å². The fourth-order valence-electron chi connectivity index (χ4n) is 4.14. The van der Waals surface area contributed by atoms with E-state index in [1.54, 1.807) is 47.3 Å². The highest BCUT2D eigenvalue weighted by Crippen LogP contribution is 2.23. The van der Waals surface area contributed by atoms with E-state index in [0.717, 1.165) is 38.0 Å². The molecule has 0 unspecified atom stereocenters. The zero-order chi connectivity index (χ0) is 23.9. The van der Waals surface area contributed by atoms with Gasteiger partial charge in [-0.15, -0.1) is 0 Å². The van der Waals surface area contributed by atoms with Gasteiger partial charge in [-0.1, -0.05) is 18.2 Å². The molecule has 0 bridgehead atoms. The van der Waals surface area contributed by atoms with Crippen LogP contribution in [0.3, 0.4) is 0 Å². The van der Waals surface area contributed by atoms with Crippen LogP contribution in [0.5, 0.6) is 0 Å². The second-order valence-corrected chi connectivity index (χ2v) is 8.36. The van der Waals surface area contributed by atoms with Crippen LogP contribution in [0.2, 0.25) is 0 Å². The number of hydrogen-bond donors (Lipinski definition) is 1. The summed E-state index contributed by atoms with van der Waals surface area (Å²) in [5, 5.41) is 23.4. The van der Waals surface area contributed by atoms with Crippen molar-refractivity contribution in [2.24, 2.45) is 5.92 Å². The first-order chi connectivity index (χ1) is 16.5. The topological polar surface area (TPSA) is 108 Å². The first-order valence-corrected chi connectivity index (χ1v) is 11.3. The molecule has 3 aromatic rings. The van der Waals surface area contributed by atoms with Crippen LogP contribution in [0.15, 0.2) is 65.6 Å². The summed E-state index contributed by atoms with van der Waals surface area (Å²) in [6, 6.07) is 17.7. The average molecular weight is 459 g/mol. The molecule has 0 saturated carbocycles. The molecule has 1 saturated heterocycles. The molecule has 1 N–H and O–H groups in total. The molecular formula is C26H26N4O4. The van der Waals surface area contributed by atoms with E-state index in [1.165, 1.54) is 11.0 Å². The molecule has 0 spiro atoms. The second-order valence-electron chi connectivity index (χ2n) is 8.36. The van der Waals surface area contributed by atoms with E-state index in [9.17, 15) is 14.7 Å². The molecule has 1 aliphatic heterocycles. The molecule has 174 valence electrons. The van der Waals surface area contributed by atoms with Gasteiger partial charge in [0.15, 0.2) is 0 Å². The Morgan fingerprint density at radius 2 is 1.97 bits per heavy atom. The number of benzene rings is 2. The minimum absolute atomic E-state index is 0.201. The van der Waals surface area contributed by atoms with Crippen molar-refractivity contribution in [1.82, 2.24) is 9.78 Å². The van der Waals surface area contributed by atoms with Crippen molar-refractivity contribution in [2.75, 3.05) is 24.7 Å². The number of ether oxygens (including phenoxy) is 1. The van der Waals surface area contributed by atoms with E-state index in [4.69, 9.17) is 10.00 Å². The molecule has 8 heteroatoms. The first kappa shape index (κ1) is 23.2. The summed E-state index contributed by atoms with van der Waals surface area (Å²) in [7, 11) is 0. The maximum Gasteiger partial charge on any atom is 0.411 e. The Balaban J connectivity index is 1.53. The van der Waals surface area contributed by atoms with Gasteiger partial charge in [0.2, 0.25) is 5.43 Å². The van der Waals surface area contributed by atoms with Crippen molar-refractivity contribution in [3.8, 4) is 11.8 Å². The van der Waals surface area contributed by atoms with Gasteiger partial charge in [0.05, 0.1) is 17.3 Å². The normalized spacial score (nSPS) is 13.9. The molecule has 0 aliphatic carbocycles. The summed E-state index contributed by atoms with van der Waals surface area (Å²) in [5.74, 6) is 0.463. The highest BCUT2D eigenvalue weighted by atomic mass is 16.5. The first-order valence-electron chi connectivity index (χ1n) is 11.3. The van der Waals surface area contributed by atoms with Gasteiger partial charge in [-0.05, 0) is 61.1 Å². The lowest BCUT2D eigenvalue weighted by Gasteiger charge is -2.26. The molecule has 0 atom stereocenters. The molecule has 2 heterocycles. The van der Waals surface area contributed by atoms with Gasteiger partial charge in [0.25, 0.3) is 0 Å². The highest BCUT2D eigenvalue weighted by molar-refractivity contribution is 5.86. The summed E-state index contributed by atoms with van der Waals surface area (Å²) >= 11 is 0. The Morgan fingerprint density at radius 1 is 1.18 bits per heavy atom. The minimum Gasteiger partial charge on any atom is -0.465 e. The number of aromatic nitrogens is 2. The van der Waals surface area contributed by atoms with E-state index < -0.39 is 6.09 Å². The van der Waals surface area contributed by atoms with Gasteiger partial charge >= 0.3 is 6.09 Å². The Labute approximate surface area is 197 Å². The van der Waals surface area contributed by atoms with Crippen LogP contribution >= 0.6 is 0 Å². The summed E-state index contributed by atoms with van der Waals surface area (Å²) in [6.45, 7) is 1.88. The van der Waals surface area contributed by atoms with E-state index >= 15 is 0 Å². The van der Waals surface area contributed by atoms with E-state index in [-0.39, 0.29) is 11.8 Å². The van der Waals surface area contributed by atoms with Crippen molar-refractivity contribution in [3.05, 3.63) is 87.8 Å². The summed E-state index contributed by atoms with van der Waals surface area (Å²) in [6.07, 6.45) is 3.53. The number of carboxylic acid groups (broad SMARTS) is 1. The Hall–Kier alpha value is -3.96. The third-order valence-corrected chi connectivity index (χ3v) is 6.05. The summed E-state index contributed by atoms with van der Waals surface area (Å²) < 4.78 is 6.96. The Morgan fingerprint density at radius 3 is 2.74 bits per heavy atom. The van der Waals surface area contributed by atoms with E-state index in [0.29, 0.717) is 35.1 Å². The fourth-order valence-corrected chi connectivity index (χ4v) is 4.14. The van der Waals surface area contributed by atoms with Crippen LogP contribution in [-0.4, -0.2) is 40.7 Å². The molecular weight excluding hydrogens is 432 g/mol. The van der Waals surface area contributed by atoms with Crippen molar-refractivity contribution in [2.45, 2.75) is 25.7 Å². The van der Waals surface area contributed by atoms with Crippen molar-refractivity contribution in [3.63, 3.8) is 0 Å². The average Bonchev–Trinajstić information content (AvgIpc) is 2.86. The fraction of sp³-hybridized carbons (Fsp3) is 0.308. The smallest absolute Gasteiger partial charge is 0.411 e. The van der Waals surface area contributed by atoms with Crippen LogP contribution < -0.4 is 10.3 Å². The number of anilines is 1. The molecule has 0 radical (unpaired) electrons. The van der Waals surface area contributed by atoms with Crippen LogP contribution in [0.1, 0.15) is 36.1 Å². The lowest BCUT2D eigenvalue weighted by Crippen LogP contribution is -2.32. The third kappa shape index (κ3) is 5.69.